The lowest BCUT2D eigenvalue weighted by atomic mass is 10.0. The molecular formula is C17H16F2N2. The zero-order chi connectivity index (χ0) is 15.4. The predicted molar refractivity (Wildman–Crippen MR) is 77.5 cm³/mol. The summed E-state index contributed by atoms with van der Waals surface area (Å²) in [6.45, 7) is 3.84. The maximum atomic E-state index is 13.9. The molecule has 2 rings (SSSR count). The van der Waals surface area contributed by atoms with Crippen LogP contribution in [0.25, 0.3) is 0 Å². The molecule has 21 heavy (non-hydrogen) atoms. The van der Waals surface area contributed by atoms with Gasteiger partial charge in [0.15, 0.2) is 0 Å². The first-order chi connectivity index (χ1) is 10.0. The summed E-state index contributed by atoms with van der Waals surface area (Å²) < 4.78 is 27.4. The van der Waals surface area contributed by atoms with Crippen molar-refractivity contribution >= 4 is 0 Å². The summed E-state index contributed by atoms with van der Waals surface area (Å²) in [6, 6.07) is 11.3. The molecule has 0 bridgehead atoms. The first-order valence-electron chi connectivity index (χ1n) is 6.69. The lowest BCUT2D eigenvalue weighted by Crippen LogP contribution is -2.19. The van der Waals surface area contributed by atoms with Crippen LogP contribution in [0.2, 0.25) is 0 Å². The van der Waals surface area contributed by atoms with Crippen molar-refractivity contribution in [3.05, 3.63) is 70.3 Å². The largest absolute Gasteiger partial charge is 0.306 e. The first-order valence-corrected chi connectivity index (χ1v) is 6.69. The smallest absolute Gasteiger partial charge is 0.128 e. The van der Waals surface area contributed by atoms with Crippen LogP contribution in [0.4, 0.5) is 8.78 Å². The summed E-state index contributed by atoms with van der Waals surface area (Å²) in [4.78, 5) is 0. The van der Waals surface area contributed by atoms with Crippen molar-refractivity contribution < 1.29 is 8.78 Å². The van der Waals surface area contributed by atoms with Crippen LogP contribution < -0.4 is 5.32 Å². The van der Waals surface area contributed by atoms with Gasteiger partial charge in [-0.3, -0.25) is 0 Å². The molecule has 1 unspecified atom stereocenters. The Morgan fingerprint density at radius 2 is 1.81 bits per heavy atom. The van der Waals surface area contributed by atoms with E-state index in [1.807, 2.05) is 12.1 Å². The average molecular weight is 286 g/mol. The Kier molecular flexibility index (Phi) is 4.66. The van der Waals surface area contributed by atoms with E-state index in [-0.39, 0.29) is 6.04 Å². The van der Waals surface area contributed by atoms with E-state index in [0.29, 0.717) is 23.2 Å². The van der Waals surface area contributed by atoms with E-state index in [0.717, 1.165) is 5.56 Å². The van der Waals surface area contributed by atoms with Crippen molar-refractivity contribution in [1.29, 1.82) is 5.26 Å². The number of aryl methyl sites for hydroxylation is 1. The molecule has 2 aromatic rings. The van der Waals surface area contributed by atoms with Crippen LogP contribution in [0.15, 0.2) is 36.4 Å². The molecule has 0 aliphatic heterocycles. The van der Waals surface area contributed by atoms with Crippen LogP contribution in [-0.2, 0) is 6.54 Å². The molecule has 0 fully saturated rings. The summed E-state index contributed by atoms with van der Waals surface area (Å²) in [5.74, 6) is -0.813. The van der Waals surface area contributed by atoms with Crippen molar-refractivity contribution in [3.8, 4) is 6.07 Å². The van der Waals surface area contributed by atoms with Crippen LogP contribution >= 0.6 is 0 Å². The summed E-state index contributed by atoms with van der Waals surface area (Å²) in [7, 11) is 0. The van der Waals surface area contributed by atoms with E-state index < -0.39 is 11.6 Å². The average Bonchev–Trinajstić information content (AvgIpc) is 2.49. The molecule has 0 aliphatic carbocycles. The molecule has 2 aromatic carbocycles. The predicted octanol–water partition coefficient (Wildman–Crippen LogP) is 4.00. The Morgan fingerprint density at radius 3 is 2.43 bits per heavy atom. The minimum Gasteiger partial charge on any atom is -0.306 e. The number of nitrogens with one attached hydrogen (secondary N) is 1. The molecule has 0 saturated heterocycles. The number of rotatable bonds is 4. The van der Waals surface area contributed by atoms with E-state index >= 15 is 0 Å². The van der Waals surface area contributed by atoms with E-state index in [4.69, 9.17) is 5.26 Å². The Labute approximate surface area is 123 Å². The van der Waals surface area contributed by atoms with Crippen molar-refractivity contribution in [2.75, 3.05) is 0 Å². The van der Waals surface area contributed by atoms with E-state index in [1.165, 1.54) is 19.1 Å². The normalized spacial score (nSPS) is 12.0. The highest BCUT2D eigenvalue weighted by atomic mass is 19.1. The highest BCUT2D eigenvalue weighted by molar-refractivity contribution is 5.32. The fourth-order valence-corrected chi connectivity index (χ4v) is 2.07. The summed E-state index contributed by atoms with van der Waals surface area (Å²) in [6.07, 6.45) is 0. The fourth-order valence-electron chi connectivity index (χ4n) is 2.07. The molecule has 0 amide bonds. The Balaban J connectivity index is 2.06. The Morgan fingerprint density at radius 1 is 1.14 bits per heavy atom. The van der Waals surface area contributed by atoms with Gasteiger partial charge in [-0.1, -0.05) is 12.1 Å². The second kappa shape index (κ2) is 6.47. The SMILES string of the molecule is Cc1cc(F)c(C(C)NCc2ccc(C#N)cc2)cc1F. The maximum Gasteiger partial charge on any atom is 0.128 e. The van der Waals surface area contributed by atoms with Gasteiger partial charge in [-0.15, -0.1) is 0 Å². The number of nitrogens with zero attached hydrogens (tertiary/aromatic N) is 1. The van der Waals surface area contributed by atoms with Gasteiger partial charge in [-0.05, 0) is 49.2 Å². The monoisotopic (exact) mass is 286 g/mol. The number of hydrogen-bond donors (Lipinski definition) is 1. The maximum absolute atomic E-state index is 13.9. The van der Waals surface area contributed by atoms with Gasteiger partial charge in [0.05, 0.1) is 11.6 Å². The molecule has 108 valence electrons. The van der Waals surface area contributed by atoms with E-state index in [9.17, 15) is 8.78 Å². The number of halogens is 2. The molecule has 0 heterocycles. The third-order valence-electron chi connectivity index (χ3n) is 3.44. The van der Waals surface area contributed by atoms with Crippen molar-refractivity contribution in [2.24, 2.45) is 0 Å². The van der Waals surface area contributed by atoms with Crippen LogP contribution in [0.1, 0.15) is 35.2 Å². The van der Waals surface area contributed by atoms with E-state index in [2.05, 4.69) is 11.4 Å². The second-order valence-corrected chi connectivity index (χ2v) is 5.03. The highest BCUT2D eigenvalue weighted by Gasteiger charge is 2.13. The molecule has 2 nitrogen and oxygen atoms in total. The molecule has 0 aromatic heterocycles. The molecule has 0 radical (unpaired) electrons. The van der Waals surface area contributed by atoms with Crippen LogP contribution in [0.3, 0.4) is 0 Å². The van der Waals surface area contributed by atoms with Crippen molar-refractivity contribution in [3.63, 3.8) is 0 Å². The molecule has 0 saturated carbocycles. The van der Waals surface area contributed by atoms with Crippen molar-refractivity contribution in [1.82, 2.24) is 5.32 Å². The van der Waals surface area contributed by atoms with Crippen LogP contribution in [-0.4, -0.2) is 0 Å². The summed E-state index contributed by atoms with van der Waals surface area (Å²) in [5, 5.41) is 11.9. The van der Waals surface area contributed by atoms with Gasteiger partial charge in [-0.25, -0.2) is 8.78 Å². The van der Waals surface area contributed by atoms with Gasteiger partial charge < -0.3 is 5.32 Å². The van der Waals surface area contributed by atoms with Gasteiger partial charge in [0.25, 0.3) is 0 Å². The Bertz CT molecular complexity index is 672. The number of hydrogen-bond acceptors (Lipinski definition) is 2. The third-order valence-corrected chi connectivity index (χ3v) is 3.44. The second-order valence-electron chi connectivity index (χ2n) is 5.03. The zero-order valence-electron chi connectivity index (χ0n) is 12.0. The van der Waals surface area contributed by atoms with Crippen LogP contribution in [0, 0.1) is 29.9 Å². The third kappa shape index (κ3) is 3.65. The summed E-state index contributed by atoms with van der Waals surface area (Å²) in [5.41, 5.74) is 2.19. The minimum atomic E-state index is -0.409. The quantitative estimate of drug-likeness (QED) is 0.922. The van der Waals surface area contributed by atoms with Gasteiger partial charge in [0, 0.05) is 18.2 Å². The molecule has 1 N–H and O–H groups in total. The fraction of sp³-hybridized carbons (Fsp3) is 0.235. The van der Waals surface area contributed by atoms with Gasteiger partial charge in [0.1, 0.15) is 11.6 Å². The zero-order valence-corrected chi connectivity index (χ0v) is 12.0. The topological polar surface area (TPSA) is 35.8 Å². The minimum absolute atomic E-state index is 0.301. The van der Waals surface area contributed by atoms with Crippen molar-refractivity contribution in [2.45, 2.75) is 26.4 Å². The lowest BCUT2D eigenvalue weighted by Gasteiger charge is -2.16. The van der Waals surface area contributed by atoms with Crippen LogP contribution in [0.5, 0.6) is 0 Å². The number of nitriles is 1. The number of benzene rings is 2. The molecule has 4 heteroatoms. The Hall–Kier alpha value is -2.25. The molecular weight excluding hydrogens is 270 g/mol. The van der Waals surface area contributed by atoms with Gasteiger partial charge >= 0.3 is 0 Å². The lowest BCUT2D eigenvalue weighted by molar-refractivity contribution is 0.516. The molecule has 0 spiro atoms. The first kappa shape index (κ1) is 15.1. The summed E-state index contributed by atoms with van der Waals surface area (Å²) >= 11 is 0. The standard InChI is InChI=1S/C17H16F2N2/c1-11-7-17(19)15(8-16(11)18)12(2)21-10-14-5-3-13(9-20)4-6-14/h3-8,12,21H,10H2,1-2H3. The van der Waals surface area contributed by atoms with Gasteiger partial charge in [-0.2, -0.15) is 5.26 Å². The molecule has 0 aliphatic rings. The van der Waals surface area contributed by atoms with Gasteiger partial charge in [0.2, 0.25) is 0 Å². The van der Waals surface area contributed by atoms with E-state index in [1.54, 1.807) is 19.1 Å². The molecule has 1 atom stereocenters. The highest BCUT2D eigenvalue weighted by Crippen LogP contribution is 2.21.